The number of alkyl halides is 3. The van der Waals surface area contributed by atoms with Gasteiger partial charge >= 0.3 is 6.18 Å². The van der Waals surface area contributed by atoms with Gasteiger partial charge in [0.05, 0.1) is 18.6 Å². The molecule has 0 spiro atoms. The van der Waals surface area contributed by atoms with Crippen LogP contribution >= 0.6 is 0 Å². The largest absolute Gasteiger partial charge is 0.497 e. The Morgan fingerprint density at radius 1 is 1.21 bits per heavy atom. The maximum atomic E-state index is 14.6. The number of hydrogen-bond acceptors (Lipinski definition) is 3. The molecule has 2 aliphatic carbocycles. The van der Waals surface area contributed by atoms with Crippen LogP contribution in [0, 0.1) is 11.3 Å². The molecule has 1 saturated carbocycles. The highest BCUT2D eigenvalue weighted by atomic mass is 28.4. The first-order chi connectivity index (χ1) is 13.2. The van der Waals surface area contributed by atoms with Gasteiger partial charge in [-0.15, -0.1) is 0 Å². The van der Waals surface area contributed by atoms with Crippen molar-refractivity contribution < 1.29 is 27.4 Å². The van der Waals surface area contributed by atoms with E-state index in [-0.39, 0.29) is 24.5 Å². The molecule has 0 radical (unpaired) electrons. The molecule has 29 heavy (non-hydrogen) atoms. The van der Waals surface area contributed by atoms with Gasteiger partial charge in [0.15, 0.2) is 8.32 Å². The van der Waals surface area contributed by atoms with Crippen LogP contribution in [-0.4, -0.2) is 39.4 Å². The van der Waals surface area contributed by atoms with Gasteiger partial charge in [-0.25, -0.2) is 0 Å². The highest BCUT2D eigenvalue weighted by molar-refractivity contribution is 6.74. The average molecular weight is 431 g/mol. The lowest BCUT2D eigenvalue weighted by atomic mass is 9.61. The van der Waals surface area contributed by atoms with Gasteiger partial charge in [0.25, 0.3) is 0 Å². The molecule has 164 valence electrons. The highest BCUT2D eigenvalue weighted by Crippen LogP contribution is 2.66. The fourth-order valence-electron chi connectivity index (χ4n) is 4.91. The van der Waals surface area contributed by atoms with Crippen LogP contribution in [0.15, 0.2) is 18.2 Å². The molecule has 0 saturated heterocycles. The Labute approximate surface area is 172 Å². The lowest BCUT2D eigenvalue weighted by Gasteiger charge is -2.46. The zero-order valence-electron chi connectivity index (χ0n) is 18.2. The minimum Gasteiger partial charge on any atom is -0.497 e. The van der Waals surface area contributed by atoms with Crippen molar-refractivity contribution >= 4 is 8.32 Å². The maximum absolute atomic E-state index is 14.6. The SMILES string of the molecule is COc1ccc2c(c1)CC[C@]1(C(F)(F)F)[C@@H]2C[C@H](O)[C@@H]1CO[Si](C)(C)C(C)(C)C. The molecule has 3 nitrogen and oxygen atoms in total. The van der Waals surface area contributed by atoms with Crippen LogP contribution in [0.25, 0.3) is 0 Å². The van der Waals surface area contributed by atoms with E-state index in [0.717, 1.165) is 5.56 Å². The van der Waals surface area contributed by atoms with Gasteiger partial charge in [0.2, 0.25) is 0 Å². The zero-order valence-corrected chi connectivity index (χ0v) is 19.2. The Morgan fingerprint density at radius 2 is 1.86 bits per heavy atom. The fraction of sp³-hybridized carbons (Fsp3) is 0.727. The Hall–Kier alpha value is -1.05. The first-order valence-corrected chi connectivity index (χ1v) is 13.2. The maximum Gasteiger partial charge on any atom is 0.395 e. The fourth-order valence-corrected chi connectivity index (χ4v) is 5.94. The highest BCUT2D eigenvalue weighted by Gasteiger charge is 2.69. The Balaban J connectivity index is 1.99. The monoisotopic (exact) mass is 430 g/mol. The van der Waals surface area contributed by atoms with E-state index in [1.54, 1.807) is 19.2 Å². The smallest absolute Gasteiger partial charge is 0.395 e. The number of rotatable bonds is 4. The summed E-state index contributed by atoms with van der Waals surface area (Å²) in [6.45, 7) is 10.2. The molecule has 0 unspecified atom stereocenters. The normalized spacial score (nSPS) is 30.1. The number of hydrogen-bond donors (Lipinski definition) is 1. The van der Waals surface area contributed by atoms with Crippen LogP contribution in [0.5, 0.6) is 5.75 Å². The second kappa shape index (κ2) is 7.27. The molecule has 0 aromatic heterocycles. The van der Waals surface area contributed by atoms with Crippen molar-refractivity contribution in [2.45, 2.75) is 76.4 Å². The number of benzene rings is 1. The number of ether oxygens (including phenoxy) is 1. The summed E-state index contributed by atoms with van der Waals surface area (Å²) in [6.07, 6.45) is -5.02. The van der Waals surface area contributed by atoms with Crippen molar-refractivity contribution in [3.63, 3.8) is 0 Å². The zero-order chi connectivity index (χ0) is 21.8. The first kappa shape index (κ1) is 22.6. The van der Waals surface area contributed by atoms with Crippen LogP contribution in [-0.2, 0) is 10.8 Å². The topological polar surface area (TPSA) is 38.7 Å². The summed E-state index contributed by atoms with van der Waals surface area (Å²) in [5, 5.41) is 10.7. The number of halogens is 3. The van der Waals surface area contributed by atoms with Crippen molar-refractivity contribution in [2.24, 2.45) is 11.3 Å². The molecule has 3 rings (SSSR count). The molecular weight excluding hydrogens is 397 g/mol. The number of aliphatic hydroxyl groups excluding tert-OH is 1. The number of methoxy groups -OCH3 is 1. The van der Waals surface area contributed by atoms with Crippen molar-refractivity contribution in [3.05, 3.63) is 29.3 Å². The quantitative estimate of drug-likeness (QED) is 0.625. The molecular formula is C22H33F3O3Si. The van der Waals surface area contributed by atoms with Crippen molar-refractivity contribution in [2.75, 3.05) is 13.7 Å². The van der Waals surface area contributed by atoms with Gasteiger partial charge in [-0.1, -0.05) is 26.8 Å². The van der Waals surface area contributed by atoms with Crippen LogP contribution < -0.4 is 4.74 Å². The molecule has 7 heteroatoms. The summed E-state index contributed by atoms with van der Waals surface area (Å²) in [5.41, 5.74) is -0.355. The number of aliphatic hydroxyl groups is 1. The predicted molar refractivity (Wildman–Crippen MR) is 110 cm³/mol. The van der Waals surface area contributed by atoms with E-state index in [1.165, 1.54) is 0 Å². The van der Waals surface area contributed by atoms with E-state index < -0.39 is 37.8 Å². The van der Waals surface area contributed by atoms with Gasteiger partial charge in [-0.05, 0) is 60.7 Å². The molecule has 0 amide bonds. The minimum atomic E-state index is -4.41. The van der Waals surface area contributed by atoms with Gasteiger partial charge in [0, 0.05) is 18.4 Å². The summed E-state index contributed by atoms with van der Waals surface area (Å²) in [6, 6.07) is 5.31. The second-order valence-electron chi connectivity index (χ2n) is 10.1. The lowest BCUT2D eigenvalue weighted by Crippen LogP contribution is -2.52. The second-order valence-corrected chi connectivity index (χ2v) is 14.9. The average Bonchev–Trinajstić information content (AvgIpc) is 2.91. The van der Waals surface area contributed by atoms with E-state index >= 15 is 0 Å². The Morgan fingerprint density at radius 3 is 2.41 bits per heavy atom. The molecule has 2 aliphatic rings. The van der Waals surface area contributed by atoms with Gasteiger partial charge < -0.3 is 14.3 Å². The van der Waals surface area contributed by atoms with Gasteiger partial charge in [-0.3, -0.25) is 0 Å². The van der Waals surface area contributed by atoms with Crippen LogP contribution in [0.1, 0.15) is 50.7 Å². The minimum absolute atomic E-state index is 0.0239. The summed E-state index contributed by atoms with van der Waals surface area (Å²) in [5.74, 6) is -1.04. The van der Waals surface area contributed by atoms with Crippen LogP contribution in [0.2, 0.25) is 18.1 Å². The summed E-state index contributed by atoms with van der Waals surface area (Å²) < 4.78 is 55.3. The van der Waals surface area contributed by atoms with Crippen molar-refractivity contribution in [1.82, 2.24) is 0 Å². The standard InChI is InChI=1S/C22H33F3O3Si/c1-20(2,3)29(5,6)28-13-18-19(26)12-17-16-8-7-15(27-4)11-14(16)9-10-21(17,18)22(23,24)25/h7-8,11,17-19,26H,9-10,12-13H2,1-6H3/t17-,18+,19+,21+/m1/s1. The summed E-state index contributed by atoms with van der Waals surface area (Å²) in [4.78, 5) is 0. The third-order valence-electron chi connectivity index (χ3n) is 7.72. The molecule has 1 aromatic carbocycles. The molecule has 0 heterocycles. The molecule has 1 N–H and O–H groups in total. The van der Waals surface area contributed by atoms with Crippen LogP contribution in [0.4, 0.5) is 13.2 Å². The van der Waals surface area contributed by atoms with Crippen molar-refractivity contribution in [3.8, 4) is 5.75 Å². The van der Waals surface area contributed by atoms with E-state index in [1.807, 2.05) is 19.2 Å². The molecule has 4 atom stereocenters. The van der Waals surface area contributed by atoms with E-state index in [0.29, 0.717) is 17.7 Å². The Kier molecular flexibility index (Phi) is 5.67. The summed E-state index contributed by atoms with van der Waals surface area (Å²) >= 11 is 0. The van der Waals surface area contributed by atoms with E-state index in [9.17, 15) is 18.3 Å². The Bertz CT molecular complexity index is 757. The van der Waals surface area contributed by atoms with Gasteiger partial charge in [-0.2, -0.15) is 13.2 Å². The van der Waals surface area contributed by atoms with Crippen LogP contribution in [0.3, 0.4) is 0 Å². The predicted octanol–water partition coefficient (Wildman–Crippen LogP) is 5.68. The third-order valence-corrected chi connectivity index (χ3v) is 12.2. The van der Waals surface area contributed by atoms with Crippen molar-refractivity contribution in [1.29, 1.82) is 0 Å². The lowest BCUT2D eigenvalue weighted by molar-refractivity contribution is -0.253. The molecule has 0 bridgehead atoms. The number of aryl methyl sites for hydroxylation is 1. The molecule has 0 aliphatic heterocycles. The van der Waals surface area contributed by atoms with E-state index in [4.69, 9.17) is 9.16 Å². The number of fused-ring (bicyclic) bond motifs is 3. The summed E-state index contributed by atoms with van der Waals surface area (Å²) in [7, 11) is -0.676. The third kappa shape index (κ3) is 3.63. The molecule has 1 aromatic rings. The first-order valence-electron chi connectivity index (χ1n) is 10.3. The molecule has 1 fully saturated rings. The van der Waals surface area contributed by atoms with E-state index in [2.05, 4.69) is 20.8 Å². The van der Waals surface area contributed by atoms with Gasteiger partial charge in [0.1, 0.15) is 5.75 Å².